The first-order chi connectivity index (χ1) is 6.13. The van der Waals surface area contributed by atoms with Crippen LogP contribution in [-0.4, -0.2) is 13.2 Å². The van der Waals surface area contributed by atoms with Gasteiger partial charge in [-0.1, -0.05) is 48.5 Å². The van der Waals surface area contributed by atoms with Crippen molar-refractivity contribution in [1.29, 1.82) is 0 Å². The van der Waals surface area contributed by atoms with Gasteiger partial charge in [0.1, 0.15) is 0 Å². The summed E-state index contributed by atoms with van der Waals surface area (Å²) in [5, 5.41) is 0. The van der Waals surface area contributed by atoms with Crippen LogP contribution in [0.2, 0.25) is 0 Å². The van der Waals surface area contributed by atoms with E-state index in [1.165, 1.54) is 6.42 Å². The van der Waals surface area contributed by atoms with Gasteiger partial charge in [0.2, 0.25) is 0 Å². The van der Waals surface area contributed by atoms with E-state index in [1.54, 1.807) is 0 Å². The molecule has 1 fully saturated rings. The van der Waals surface area contributed by atoms with Gasteiger partial charge in [-0.15, -0.1) is 0 Å². The molecule has 1 nitrogen and oxygen atoms in total. The Morgan fingerprint density at radius 3 is 1.77 bits per heavy atom. The second kappa shape index (κ2) is 8.55. The van der Waals surface area contributed by atoms with Crippen LogP contribution in [0.25, 0.3) is 0 Å². The summed E-state index contributed by atoms with van der Waals surface area (Å²) in [6.45, 7) is 16.8. The van der Waals surface area contributed by atoms with Gasteiger partial charge in [0, 0.05) is 13.2 Å². The van der Waals surface area contributed by atoms with Crippen LogP contribution >= 0.6 is 0 Å². The number of hydrogen-bond acceptors (Lipinski definition) is 1. The minimum absolute atomic E-state index is 0.512. The molecule has 1 unspecified atom stereocenters. The van der Waals surface area contributed by atoms with E-state index in [1.807, 2.05) is 27.7 Å². The fourth-order valence-electron chi connectivity index (χ4n) is 1.07. The predicted molar refractivity (Wildman–Crippen MR) is 61.1 cm³/mol. The lowest BCUT2D eigenvalue weighted by Gasteiger charge is -2.35. The zero-order valence-electron chi connectivity index (χ0n) is 10.6. The van der Waals surface area contributed by atoms with Gasteiger partial charge in [-0.2, -0.15) is 0 Å². The number of rotatable bonds is 0. The van der Waals surface area contributed by atoms with Gasteiger partial charge in [-0.05, 0) is 17.8 Å². The summed E-state index contributed by atoms with van der Waals surface area (Å²) in [6, 6.07) is 0. The second-order valence-electron chi connectivity index (χ2n) is 3.71. The molecule has 1 atom stereocenters. The fraction of sp³-hybridized carbons (Fsp3) is 1.00. The maximum atomic E-state index is 5.32. The highest BCUT2D eigenvalue weighted by atomic mass is 16.5. The molecule has 13 heavy (non-hydrogen) atoms. The Morgan fingerprint density at radius 1 is 1.08 bits per heavy atom. The zero-order chi connectivity index (χ0) is 10.9. The Hall–Kier alpha value is -0.0400. The Morgan fingerprint density at radius 2 is 1.54 bits per heavy atom. The van der Waals surface area contributed by atoms with Crippen LogP contribution in [0, 0.1) is 11.3 Å². The molecule has 0 amide bonds. The number of hydrogen-bond donors (Lipinski definition) is 0. The molecule has 1 aliphatic rings. The quantitative estimate of drug-likeness (QED) is 0.555. The van der Waals surface area contributed by atoms with Crippen molar-refractivity contribution in [3.8, 4) is 0 Å². The molecule has 0 aromatic heterocycles. The highest BCUT2D eigenvalue weighted by molar-refractivity contribution is 4.77. The molecule has 1 saturated heterocycles. The molecule has 1 heteroatoms. The van der Waals surface area contributed by atoms with E-state index in [2.05, 4.69) is 20.8 Å². The van der Waals surface area contributed by atoms with Crippen LogP contribution in [0.15, 0.2) is 0 Å². The van der Waals surface area contributed by atoms with Crippen molar-refractivity contribution in [2.75, 3.05) is 13.2 Å². The molecule has 0 N–H and O–H groups in total. The number of ether oxygens (including phenoxy) is 1. The molecular weight excluding hydrogens is 160 g/mol. The van der Waals surface area contributed by atoms with Crippen molar-refractivity contribution >= 4 is 0 Å². The lowest BCUT2D eigenvalue weighted by Crippen LogP contribution is -2.32. The van der Waals surface area contributed by atoms with Crippen LogP contribution in [0.5, 0.6) is 0 Å². The van der Waals surface area contributed by atoms with E-state index >= 15 is 0 Å². The van der Waals surface area contributed by atoms with Crippen LogP contribution < -0.4 is 0 Å². The van der Waals surface area contributed by atoms with Gasteiger partial charge < -0.3 is 4.74 Å². The van der Waals surface area contributed by atoms with Crippen molar-refractivity contribution < 1.29 is 4.74 Å². The van der Waals surface area contributed by atoms with Crippen LogP contribution in [0.3, 0.4) is 0 Å². The molecular formula is C12H28O. The fourth-order valence-corrected chi connectivity index (χ4v) is 1.07. The molecule has 0 radical (unpaired) electrons. The standard InChI is InChI=1S/C8H16O.2C2H6/c1-7-6-9-5-4-8(7,2)3;2*1-2/h7H,4-6H2,1-3H3;2*1-2H3. The van der Waals surface area contributed by atoms with Crippen molar-refractivity contribution in [2.24, 2.45) is 11.3 Å². The first kappa shape index (κ1) is 15.4. The highest BCUT2D eigenvalue weighted by Gasteiger charge is 2.28. The molecule has 0 saturated carbocycles. The maximum Gasteiger partial charge on any atom is 0.0496 e. The normalized spacial score (nSPS) is 24.7. The summed E-state index contributed by atoms with van der Waals surface area (Å²) in [7, 11) is 0. The van der Waals surface area contributed by atoms with E-state index in [9.17, 15) is 0 Å². The van der Waals surface area contributed by atoms with Crippen molar-refractivity contribution in [3.63, 3.8) is 0 Å². The summed E-state index contributed by atoms with van der Waals surface area (Å²) in [5.41, 5.74) is 0.512. The second-order valence-corrected chi connectivity index (χ2v) is 3.71. The van der Waals surface area contributed by atoms with Crippen LogP contribution in [0.1, 0.15) is 54.9 Å². The summed E-state index contributed by atoms with van der Waals surface area (Å²) in [4.78, 5) is 0. The minimum atomic E-state index is 0.512. The molecule has 0 bridgehead atoms. The van der Waals surface area contributed by atoms with E-state index in [-0.39, 0.29) is 0 Å². The topological polar surface area (TPSA) is 9.23 Å². The highest BCUT2D eigenvalue weighted by Crippen LogP contribution is 2.33. The monoisotopic (exact) mass is 188 g/mol. The van der Waals surface area contributed by atoms with Gasteiger partial charge in [-0.25, -0.2) is 0 Å². The molecule has 1 rings (SSSR count). The van der Waals surface area contributed by atoms with Gasteiger partial charge in [-0.3, -0.25) is 0 Å². The summed E-state index contributed by atoms with van der Waals surface area (Å²) in [6.07, 6.45) is 1.22. The molecule has 82 valence electrons. The van der Waals surface area contributed by atoms with E-state index < -0.39 is 0 Å². The molecule has 0 aliphatic carbocycles. The summed E-state index contributed by atoms with van der Waals surface area (Å²) < 4.78 is 5.32. The van der Waals surface area contributed by atoms with Gasteiger partial charge in [0.15, 0.2) is 0 Å². The smallest absolute Gasteiger partial charge is 0.0496 e. The first-order valence-electron chi connectivity index (χ1n) is 5.71. The van der Waals surface area contributed by atoms with Crippen molar-refractivity contribution in [3.05, 3.63) is 0 Å². The SMILES string of the molecule is CC.CC.CC1COCCC1(C)C. The zero-order valence-corrected chi connectivity index (χ0v) is 10.6. The van der Waals surface area contributed by atoms with Gasteiger partial charge in [0.05, 0.1) is 0 Å². The Labute approximate surface area is 84.9 Å². The van der Waals surface area contributed by atoms with E-state index in [4.69, 9.17) is 4.74 Å². The predicted octanol–water partition coefficient (Wildman–Crippen LogP) is 4.12. The van der Waals surface area contributed by atoms with E-state index in [0.29, 0.717) is 5.41 Å². The average molecular weight is 188 g/mol. The lowest BCUT2D eigenvalue weighted by atomic mass is 9.77. The van der Waals surface area contributed by atoms with Gasteiger partial charge >= 0.3 is 0 Å². The average Bonchev–Trinajstić information content (AvgIpc) is 2.17. The van der Waals surface area contributed by atoms with Gasteiger partial charge in [0.25, 0.3) is 0 Å². The molecule has 1 heterocycles. The summed E-state index contributed by atoms with van der Waals surface area (Å²) >= 11 is 0. The van der Waals surface area contributed by atoms with Crippen molar-refractivity contribution in [2.45, 2.75) is 54.9 Å². The molecule has 1 aliphatic heterocycles. The molecule has 0 aromatic carbocycles. The summed E-state index contributed by atoms with van der Waals surface area (Å²) in [5.74, 6) is 0.728. The van der Waals surface area contributed by atoms with E-state index in [0.717, 1.165) is 19.1 Å². The van der Waals surface area contributed by atoms with Crippen LogP contribution in [-0.2, 0) is 4.74 Å². The maximum absolute atomic E-state index is 5.32. The Balaban J connectivity index is 0. The van der Waals surface area contributed by atoms with Crippen molar-refractivity contribution in [1.82, 2.24) is 0 Å². The van der Waals surface area contributed by atoms with Crippen LogP contribution in [0.4, 0.5) is 0 Å². The molecule has 0 aromatic rings. The minimum Gasteiger partial charge on any atom is -0.381 e. The largest absolute Gasteiger partial charge is 0.381 e. The Kier molecular flexibility index (Phi) is 10.2. The third-order valence-electron chi connectivity index (χ3n) is 2.59. The third-order valence-corrected chi connectivity index (χ3v) is 2.59. The lowest BCUT2D eigenvalue weighted by molar-refractivity contribution is -0.0151. The Bertz CT molecular complexity index is 97.3. The third kappa shape index (κ3) is 6.09. The molecule has 0 spiro atoms. The first-order valence-corrected chi connectivity index (χ1v) is 5.71.